The molecule has 7 heteroatoms. The second-order valence-electron chi connectivity index (χ2n) is 1.72. The number of hydrogen-bond acceptors (Lipinski definition) is 3. The van der Waals surface area contributed by atoms with E-state index in [9.17, 15) is 0 Å². The van der Waals surface area contributed by atoms with Crippen LogP contribution in [0.2, 0.25) is 0 Å². The van der Waals surface area contributed by atoms with Gasteiger partial charge in [-0.15, -0.1) is 0 Å². The van der Waals surface area contributed by atoms with Crippen LogP contribution in [0.4, 0.5) is 0 Å². The summed E-state index contributed by atoms with van der Waals surface area (Å²) in [6, 6.07) is 0. The summed E-state index contributed by atoms with van der Waals surface area (Å²) in [5.74, 6) is 4.15. The van der Waals surface area contributed by atoms with E-state index < -0.39 is 8.25 Å². The van der Waals surface area contributed by atoms with Crippen LogP contribution >= 0.6 is 8.25 Å². The predicted octanol–water partition coefficient (Wildman–Crippen LogP) is -2.51. The van der Waals surface area contributed by atoms with Crippen molar-refractivity contribution in [3.63, 3.8) is 0 Å². The molecule has 0 saturated heterocycles. The van der Waals surface area contributed by atoms with Gasteiger partial charge >= 0.3 is 59.6 Å². The molecule has 0 amide bonds. The average molecular weight is 255 g/mol. The van der Waals surface area contributed by atoms with Gasteiger partial charge in [0.05, 0.1) is 0 Å². The summed E-state index contributed by atoms with van der Waals surface area (Å²) in [5.41, 5.74) is 0. The third-order valence-electron chi connectivity index (χ3n) is 1.22. The molecule has 0 aliphatic carbocycles. The Hall–Kier alpha value is 1.97. The largest absolute Gasteiger partial charge is 1.00 e. The van der Waals surface area contributed by atoms with Gasteiger partial charge in [-0.1, -0.05) is 0 Å². The van der Waals surface area contributed by atoms with Crippen molar-refractivity contribution < 1.29 is 71.2 Å². The summed E-state index contributed by atoms with van der Waals surface area (Å²) < 4.78 is 8.59. The van der Waals surface area contributed by atoms with E-state index in [2.05, 4.69) is 20.8 Å². The molecule has 1 unspecified atom stereocenters. The van der Waals surface area contributed by atoms with Gasteiger partial charge < -0.3 is 10.4 Å². The van der Waals surface area contributed by atoms with Crippen LogP contribution in [0.15, 0.2) is 0 Å². The fourth-order valence-electron chi connectivity index (χ4n) is 0.612. The third kappa shape index (κ3) is 31.5. The second-order valence-corrected chi connectivity index (χ2v) is 5.15. The molecule has 4 nitrogen and oxygen atoms in total. The molecule has 1 atom stereocenters. The maximum atomic E-state index is 8.59. The van der Waals surface area contributed by atoms with Gasteiger partial charge in [0.2, 0.25) is 0 Å². The van der Waals surface area contributed by atoms with Crippen molar-refractivity contribution in [2.24, 2.45) is 0 Å². The van der Waals surface area contributed by atoms with E-state index in [4.69, 9.17) is 14.4 Å². The van der Waals surface area contributed by atoms with Gasteiger partial charge in [-0.25, -0.2) is 0 Å². The van der Waals surface area contributed by atoms with Crippen LogP contribution in [-0.4, -0.2) is 27.6 Å². The van der Waals surface area contributed by atoms with Crippen molar-refractivity contribution in [2.75, 3.05) is 17.3 Å². The first-order valence-corrected chi connectivity index (χ1v) is 6.41. The Morgan fingerprint density at radius 3 is 1.38 bits per heavy atom. The molecule has 2 N–H and O–H groups in total. The van der Waals surface area contributed by atoms with E-state index >= 15 is 0 Å². The van der Waals surface area contributed by atoms with Gasteiger partial charge in [-0.05, 0) is 36.2 Å². The van der Waals surface area contributed by atoms with Gasteiger partial charge in [0.25, 0.3) is 0 Å². The van der Waals surface area contributed by atoms with Crippen LogP contribution in [0.3, 0.4) is 0 Å². The molecule has 0 radical (unpaired) electrons. The summed E-state index contributed by atoms with van der Waals surface area (Å²) in [4.78, 5) is 15.6. The van der Waals surface area contributed by atoms with Gasteiger partial charge in [0.1, 0.15) is 17.3 Å². The monoisotopic (exact) mass is 255 g/mol. The van der Waals surface area contributed by atoms with Crippen molar-refractivity contribution in [1.29, 1.82) is 0 Å². The predicted molar refractivity (Wildman–Crippen MR) is 50.7 cm³/mol. The molecule has 13 heavy (non-hydrogen) atoms. The first-order chi connectivity index (χ1) is 5.08. The van der Waals surface area contributed by atoms with Gasteiger partial charge in [0, 0.05) is 0 Å². The van der Waals surface area contributed by atoms with Crippen LogP contribution in [0.5, 0.6) is 0 Å². The minimum Gasteiger partial charge on any atom is -0.870 e. The van der Waals surface area contributed by atoms with Crippen LogP contribution in [0.25, 0.3) is 0 Å². The minimum atomic E-state index is -3.12. The smallest absolute Gasteiger partial charge is 0.870 e. The molecule has 0 aromatic carbocycles. The maximum absolute atomic E-state index is 8.59. The quantitative estimate of drug-likeness (QED) is 0.342. The van der Waals surface area contributed by atoms with E-state index in [1.165, 1.54) is 17.3 Å². The van der Waals surface area contributed by atoms with Crippen LogP contribution in [0, 0.1) is 0 Å². The average Bonchev–Trinajstić information content (AvgIpc) is 1.90. The summed E-state index contributed by atoms with van der Waals surface area (Å²) >= 11 is 0. The Morgan fingerprint density at radius 1 is 1.23 bits per heavy atom. The minimum absolute atomic E-state index is 0. The van der Waals surface area contributed by atoms with Crippen LogP contribution < -0.4 is 56.3 Å². The van der Waals surface area contributed by atoms with E-state index in [0.717, 1.165) is 10.9 Å². The SMILES string of the molecule is CC[S+](CC)CC.O=[P+]([O-])O.[K+].[OH-]. The Morgan fingerprint density at radius 2 is 1.38 bits per heavy atom. The third-order valence-corrected chi connectivity index (χ3v) is 3.67. The van der Waals surface area contributed by atoms with Crippen molar-refractivity contribution in [3.05, 3.63) is 0 Å². The van der Waals surface area contributed by atoms with Crippen LogP contribution in [-0.2, 0) is 15.5 Å². The number of rotatable bonds is 3. The van der Waals surface area contributed by atoms with E-state index in [0.29, 0.717) is 0 Å². The van der Waals surface area contributed by atoms with Crippen molar-refractivity contribution >= 4 is 19.1 Å². The summed E-state index contributed by atoms with van der Waals surface area (Å²) in [6.07, 6.45) is 0. The molecule has 0 fully saturated rings. The molecular formula is C6H17KO4PS+. The summed E-state index contributed by atoms with van der Waals surface area (Å²) in [6.45, 7) is 6.82. The maximum Gasteiger partial charge on any atom is 1.00 e. The molecule has 0 aliphatic rings. The van der Waals surface area contributed by atoms with Gasteiger partial charge in [-0.2, -0.15) is 4.89 Å². The zero-order chi connectivity index (χ0) is 9.28. The molecule has 0 bridgehead atoms. The number of hydrogen-bond donors (Lipinski definition) is 1. The molecule has 0 aromatic rings. The molecule has 0 aliphatic heterocycles. The molecule has 0 spiro atoms. The van der Waals surface area contributed by atoms with Crippen molar-refractivity contribution in [3.8, 4) is 0 Å². The molecule has 0 heterocycles. The molecule has 0 aromatic heterocycles. The van der Waals surface area contributed by atoms with E-state index in [1.807, 2.05) is 0 Å². The molecular weight excluding hydrogens is 238 g/mol. The fraction of sp³-hybridized carbons (Fsp3) is 1.00. The first kappa shape index (κ1) is 24.3. The zero-order valence-corrected chi connectivity index (χ0v) is 13.5. The fourth-order valence-corrected chi connectivity index (χ4v) is 1.84. The molecule has 0 saturated carbocycles. The van der Waals surface area contributed by atoms with E-state index in [1.54, 1.807) is 0 Å². The topological polar surface area (TPSA) is 90.4 Å². The second kappa shape index (κ2) is 19.5. The van der Waals surface area contributed by atoms with Gasteiger partial charge in [-0.3, -0.25) is 0 Å². The summed E-state index contributed by atoms with van der Waals surface area (Å²) in [5, 5.41) is 0. The zero-order valence-electron chi connectivity index (χ0n) is 8.69. The molecule has 0 rings (SSSR count). The van der Waals surface area contributed by atoms with Crippen LogP contribution in [0.1, 0.15) is 20.8 Å². The van der Waals surface area contributed by atoms with Gasteiger partial charge in [0.15, 0.2) is 0 Å². The Balaban J connectivity index is -0.0000000600. The molecule has 76 valence electrons. The standard InChI is InChI=1S/C6H15S.K.HO3P.H2O/c1-4-7(5-2)6-3;;1-4(2)3;/h4-6H2,1-3H3;;(H,1,2,3);1H2/q2*+1;;/p-1. The Kier molecular flexibility index (Phi) is 36.5. The first-order valence-electron chi connectivity index (χ1n) is 3.55. The van der Waals surface area contributed by atoms with Crippen molar-refractivity contribution in [2.45, 2.75) is 20.8 Å². The normalized spacial score (nSPS) is 8.92. The summed E-state index contributed by atoms with van der Waals surface area (Å²) in [7, 11) is -2.37. The Labute approximate surface area is 127 Å². The van der Waals surface area contributed by atoms with E-state index in [-0.39, 0.29) is 56.9 Å². The Bertz CT molecular complexity index is 93.1. The van der Waals surface area contributed by atoms with Crippen molar-refractivity contribution in [1.82, 2.24) is 0 Å².